The number of hydrogen-bond acceptors (Lipinski definition) is 5. The Kier molecular flexibility index (Phi) is 5.82. The molecule has 1 N–H and O–H groups in total. The van der Waals surface area contributed by atoms with Crippen molar-refractivity contribution in [3.8, 4) is 0 Å². The Bertz CT molecular complexity index is 757. The first-order valence-corrected chi connectivity index (χ1v) is 10.3. The second kappa shape index (κ2) is 7.92. The molecule has 1 amide bonds. The smallest absolute Gasteiger partial charge is 0.225 e. The average molecular weight is 375 g/mol. The van der Waals surface area contributed by atoms with E-state index in [-0.39, 0.29) is 11.3 Å². The number of fused-ring (bicyclic) bond motifs is 1. The molecule has 2 aromatic rings. The van der Waals surface area contributed by atoms with Gasteiger partial charge in [-0.2, -0.15) is 0 Å². The van der Waals surface area contributed by atoms with Gasteiger partial charge in [0.2, 0.25) is 5.91 Å². The molecule has 0 radical (unpaired) electrons. The molecule has 142 valence electrons. The summed E-state index contributed by atoms with van der Waals surface area (Å²) in [5.41, 5.74) is 2.18. The summed E-state index contributed by atoms with van der Waals surface area (Å²) in [5.74, 6) is 0.123. The molecular formula is C20H30N4OS. The number of aryl methyl sites for hydroxylation is 1. The van der Waals surface area contributed by atoms with Crippen LogP contribution in [0.25, 0.3) is 10.2 Å². The van der Waals surface area contributed by atoms with Crippen LogP contribution >= 0.6 is 11.3 Å². The Morgan fingerprint density at radius 2 is 1.96 bits per heavy atom. The Hall–Kier alpha value is -1.66. The number of carbonyl (C=O) groups is 1. The largest absolute Gasteiger partial charge is 0.354 e. The minimum absolute atomic E-state index is 0.123. The minimum Gasteiger partial charge on any atom is -0.354 e. The van der Waals surface area contributed by atoms with Crippen molar-refractivity contribution in [2.75, 3.05) is 44.2 Å². The number of hydrogen-bond donors (Lipinski definition) is 1. The molecule has 1 aliphatic rings. The summed E-state index contributed by atoms with van der Waals surface area (Å²) in [6.45, 7) is 13.7. The first-order valence-electron chi connectivity index (χ1n) is 9.52. The van der Waals surface area contributed by atoms with E-state index in [0.29, 0.717) is 0 Å². The van der Waals surface area contributed by atoms with Crippen LogP contribution in [-0.4, -0.2) is 55.1 Å². The van der Waals surface area contributed by atoms with Gasteiger partial charge in [-0.25, -0.2) is 4.98 Å². The fourth-order valence-electron chi connectivity index (χ4n) is 3.17. The van der Waals surface area contributed by atoms with Crippen molar-refractivity contribution in [1.29, 1.82) is 0 Å². The van der Waals surface area contributed by atoms with Gasteiger partial charge in [0.05, 0.1) is 10.2 Å². The highest BCUT2D eigenvalue weighted by Gasteiger charge is 2.22. The molecule has 1 fully saturated rings. The number of rotatable bonds is 5. The molecule has 0 unspecified atom stereocenters. The molecule has 6 heteroatoms. The van der Waals surface area contributed by atoms with Crippen molar-refractivity contribution in [2.24, 2.45) is 5.41 Å². The molecule has 1 aliphatic heterocycles. The van der Waals surface area contributed by atoms with Crippen LogP contribution in [-0.2, 0) is 11.2 Å². The van der Waals surface area contributed by atoms with Gasteiger partial charge in [0.1, 0.15) is 0 Å². The summed E-state index contributed by atoms with van der Waals surface area (Å²) >= 11 is 1.80. The monoisotopic (exact) mass is 374 g/mol. The van der Waals surface area contributed by atoms with Gasteiger partial charge in [0.25, 0.3) is 0 Å². The van der Waals surface area contributed by atoms with Gasteiger partial charge < -0.3 is 10.2 Å². The third-order valence-electron chi connectivity index (χ3n) is 4.91. The lowest BCUT2D eigenvalue weighted by molar-refractivity contribution is -0.128. The van der Waals surface area contributed by atoms with Crippen molar-refractivity contribution in [1.82, 2.24) is 15.2 Å². The van der Waals surface area contributed by atoms with Crippen LogP contribution in [0.15, 0.2) is 18.2 Å². The van der Waals surface area contributed by atoms with Crippen LogP contribution in [0.5, 0.6) is 0 Å². The van der Waals surface area contributed by atoms with E-state index >= 15 is 0 Å². The molecule has 0 saturated carbocycles. The summed E-state index contributed by atoms with van der Waals surface area (Å²) in [6, 6.07) is 6.48. The van der Waals surface area contributed by atoms with E-state index in [1.54, 1.807) is 11.3 Å². The Morgan fingerprint density at radius 1 is 1.23 bits per heavy atom. The van der Waals surface area contributed by atoms with E-state index in [0.717, 1.165) is 50.8 Å². The van der Waals surface area contributed by atoms with E-state index in [1.807, 2.05) is 20.8 Å². The molecule has 0 bridgehead atoms. The van der Waals surface area contributed by atoms with Gasteiger partial charge >= 0.3 is 0 Å². The molecule has 0 aliphatic carbocycles. The third-order valence-corrected chi connectivity index (χ3v) is 5.99. The average Bonchev–Trinajstić information content (AvgIpc) is 3.05. The van der Waals surface area contributed by atoms with Crippen LogP contribution in [0.2, 0.25) is 0 Å². The summed E-state index contributed by atoms with van der Waals surface area (Å²) in [4.78, 5) is 21.7. The second-order valence-electron chi connectivity index (χ2n) is 7.95. The molecule has 1 saturated heterocycles. The topological polar surface area (TPSA) is 48.5 Å². The van der Waals surface area contributed by atoms with E-state index in [1.165, 1.54) is 15.8 Å². The molecule has 3 rings (SSSR count). The summed E-state index contributed by atoms with van der Waals surface area (Å²) in [5, 5.41) is 4.18. The van der Waals surface area contributed by atoms with Crippen molar-refractivity contribution in [3.63, 3.8) is 0 Å². The number of para-hydroxylation sites is 1. The van der Waals surface area contributed by atoms with E-state index in [9.17, 15) is 4.79 Å². The maximum absolute atomic E-state index is 11.9. The first-order chi connectivity index (χ1) is 12.4. The summed E-state index contributed by atoms with van der Waals surface area (Å²) < 4.78 is 1.28. The van der Waals surface area contributed by atoms with E-state index in [4.69, 9.17) is 4.98 Å². The fraction of sp³-hybridized carbons (Fsp3) is 0.600. The van der Waals surface area contributed by atoms with Crippen LogP contribution in [0.4, 0.5) is 5.13 Å². The number of nitrogens with zero attached hydrogens (tertiary/aromatic N) is 3. The quantitative estimate of drug-likeness (QED) is 0.873. The van der Waals surface area contributed by atoms with Crippen LogP contribution in [0.3, 0.4) is 0 Å². The predicted octanol–water partition coefficient (Wildman–Crippen LogP) is 3.14. The predicted molar refractivity (Wildman–Crippen MR) is 110 cm³/mol. The number of benzene rings is 1. The van der Waals surface area contributed by atoms with Gasteiger partial charge in [-0.15, -0.1) is 0 Å². The molecule has 5 nitrogen and oxygen atoms in total. The van der Waals surface area contributed by atoms with Gasteiger partial charge in [0, 0.05) is 44.7 Å². The number of thiazole rings is 1. The Labute approximate surface area is 160 Å². The molecule has 0 atom stereocenters. The Morgan fingerprint density at radius 3 is 2.62 bits per heavy atom. The lowest BCUT2D eigenvalue weighted by atomic mass is 9.96. The molecule has 0 spiro atoms. The molecule has 1 aromatic carbocycles. The number of piperazine rings is 1. The van der Waals surface area contributed by atoms with Crippen molar-refractivity contribution in [3.05, 3.63) is 23.8 Å². The molecule has 1 aromatic heterocycles. The van der Waals surface area contributed by atoms with Crippen LogP contribution in [0, 0.1) is 5.41 Å². The lowest BCUT2D eigenvalue weighted by Gasteiger charge is -2.34. The normalized spacial score (nSPS) is 16.2. The number of aromatic nitrogens is 1. The van der Waals surface area contributed by atoms with Crippen LogP contribution in [0.1, 0.15) is 33.3 Å². The second-order valence-corrected chi connectivity index (χ2v) is 8.96. The lowest BCUT2D eigenvalue weighted by Crippen LogP contribution is -2.49. The number of amides is 1. The van der Waals surface area contributed by atoms with Gasteiger partial charge in [-0.05, 0) is 18.1 Å². The molecular weight excluding hydrogens is 344 g/mol. The highest BCUT2D eigenvalue weighted by molar-refractivity contribution is 7.22. The standard InChI is InChI=1S/C20H30N4OS/c1-5-15-7-6-8-16-17(15)22-19(26-16)24-13-11-23(12-14-24)10-9-21-18(25)20(2,3)4/h6-8H,5,9-14H2,1-4H3,(H,21,25). The van der Waals surface area contributed by atoms with Gasteiger partial charge in [-0.1, -0.05) is 51.2 Å². The van der Waals surface area contributed by atoms with E-state index < -0.39 is 0 Å². The maximum Gasteiger partial charge on any atom is 0.225 e. The highest BCUT2D eigenvalue weighted by Crippen LogP contribution is 2.31. The SMILES string of the molecule is CCc1cccc2sc(N3CCN(CCNC(=O)C(C)(C)C)CC3)nc12. The maximum atomic E-state index is 11.9. The molecule has 2 heterocycles. The zero-order valence-corrected chi connectivity index (χ0v) is 17.2. The van der Waals surface area contributed by atoms with Crippen molar-refractivity contribution < 1.29 is 4.79 Å². The number of anilines is 1. The first kappa shape index (κ1) is 19.1. The zero-order valence-electron chi connectivity index (χ0n) is 16.3. The van der Waals surface area contributed by atoms with E-state index in [2.05, 4.69) is 40.2 Å². The minimum atomic E-state index is -0.317. The van der Waals surface area contributed by atoms with Gasteiger partial charge in [0.15, 0.2) is 5.13 Å². The molecule has 26 heavy (non-hydrogen) atoms. The van der Waals surface area contributed by atoms with Crippen molar-refractivity contribution >= 4 is 32.6 Å². The number of carbonyl (C=O) groups excluding carboxylic acids is 1. The van der Waals surface area contributed by atoms with Crippen molar-refractivity contribution in [2.45, 2.75) is 34.1 Å². The summed E-state index contributed by atoms with van der Waals surface area (Å²) in [7, 11) is 0. The number of nitrogens with one attached hydrogen (secondary N) is 1. The highest BCUT2D eigenvalue weighted by atomic mass is 32.1. The van der Waals surface area contributed by atoms with Crippen LogP contribution < -0.4 is 10.2 Å². The zero-order chi connectivity index (χ0) is 18.7. The van der Waals surface area contributed by atoms with Gasteiger partial charge in [-0.3, -0.25) is 9.69 Å². The summed E-state index contributed by atoms with van der Waals surface area (Å²) in [6.07, 6.45) is 1.02. The fourth-order valence-corrected chi connectivity index (χ4v) is 4.24. The Balaban J connectivity index is 1.52. The third kappa shape index (κ3) is 4.35.